The summed E-state index contributed by atoms with van der Waals surface area (Å²) in [6.07, 6.45) is 1.66. The highest BCUT2D eigenvalue weighted by atomic mass is 16.2. The van der Waals surface area contributed by atoms with Crippen molar-refractivity contribution in [2.75, 3.05) is 45.8 Å². The molecule has 0 aromatic carbocycles. The molecule has 1 aliphatic rings. The van der Waals surface area contributed by atoms with Crippen molar-refractivity contribution in [1.82, 2.24) is 14.7 Å². The summed E-state index contributed by atoms with van der Waals surface area (Å²) in [6, 6.07) is -0.376. The van der Waals surface area contributed by atoms with Gasteiger partial charge in [0.1, 0.15) is 0 Å². The van der Waals surface area contributed by atoms with Gasteiger partial charge in [-0.15, -0.1) is 0 Å². The Kier molecular flexibility index (Phi) is 7.67. The van der Waals surface area contributed by atoms with Crippen molar-refractivity contribution >= 4 is 11.8 Å². The summed E-state index contributed by atoms with van der Waals surface area (Å²) in [4.78, 5) is 30.0. The summed E-state index contributed by atoms with van der Waals surface area (Å²) in [5.74, 6) is 0.217. The number of carbonyl (C=O) groups excluding carboxylic acids is 2. The minimum absolute atomic E-state index is 0.0477. The number of carbonyl (C=O) groups is 2. The zero-order valence-electron chi connectivity index (χ0n) is 13.7. The molecule has 21 heavy (non-hydrogen) atoms. The third-order valence-electron chi connectivity index (χ3n) is 4.08. The molecule has 0 spiro atoms. The molecular formula is C15H30N4O2. The van der Waals surface area contributed by atoms with Crippen LogP contribution in [0.4, 0.5) is 0 Å². The summed E-state index contributed by atoms with van der Waals surface area (Å²) in [7, 11) is 0. The molecule has 6 nitrogen and oxygen atoms in total. The molecule has 0 radical (unpaired) electrons. The molecule has 1 unspecified atom stereocenters. The Morgan fingerprint density at radius 2 is 1.67 bits per heavy atom. The molecule has 1 aliphatic heterocycles. The van der Waals surface area contributed by atoms with E-state index in [1.807, 2.05) is 30.6 Å². The van der Waals surface area contributed by atoms with Gasteiger partial charge in [-0.25, -0.2) is 0 Å². The lowest BCUT2D eigenvalue weighted by Gasteiger charge is -2.36. The van der Waals surface area contributed by atoms with Crippen molar-refractivity contribution in [3.05, 3.63) is 0 Å². The maximum atomic E-state index is 12.1. The van der Waals surface area contributed by atoms with Gasteiger partial charge >= 0.3 is 0 Å². The number of rotatable bonds is 7. The van der Waals surface area contributed by atoms with E-state index < -0.39 is 0 Å². The van der Waals surface area contributed by atoms with E-state index in [9.17, 15) is 9.59 Å². The second-order valence-electron chi connectivity index (χ2n) is 5.56. The second-order valence-corrected chi connectivity index (χ2v) is 5.56. The summed E-state index contributed by atoms with van der Waals surface area (Å²) >= 11 is 0. The molecular weight excluding hydrogens is 268 g/mol. The molecule has 1 atom stereocenters. The van der Waals surface area contributed by atoms with E-state index in [1.165, 1.54) is 0 Å². The smallest absolute Gasteiger partial charge is 0.239 e. The fourth-order valence-corrected chi connectivity index (χ4v) is 2.66. The highest BCUT2D eigenvalue weighted by molar-refractivity contribution is 5.82. The lowest BCUT2D eigenvalue weighted by atomic mass is 10.1. The Hall–Kier alpha value is -1.14. The summed E-state index contributed by atoms with van der Waals surface area (Å²) in [6.45, 7) is 10.8. The van der Waals surface area contributed by atoms with Crippen molar-refractivity contribution in [3.8, 4) is 0 Å². The van der Waals surface area contributed by atoms with Gasteiger partial charge in [0.25, 0.3) is 0 Å². The zero-order valence-corrected chi connectivity index (χ0v) is 13.7. The van der Waals surface area contributed by atoms with Gasteiger partial charge in [0.05, 0.1) is 12.6 Å². The van der Waals surface area contributed by atoms with Crippen LogP contribution in [0.1, 0.15) is 33.6 Å². The van der Waals surface area contributed by atoms with Crippen molar-refractivity contribution in [3.63, 3.8) is 0 Å². The fourth-order valence-electron chi connectivity index (χ4n) is 2.66. The van der Waals surface area contributed by atoms with E-state index in [0.29, 0.717) is 19.6 Å². The predicted octanol–water partition coefficient (Wildman–Crippen LogP) is 0.126. The van der Waals surface area contributed by atoms with E-state index in [1.54, 1.807) is 0 Å². The van der Waals surface area contributed by atoms with Gasteiger partial charge in [-0.3, -0.25) is 14.5 Å². The van der Waals surface area contributed by atoms with Crippen molar-refractivity contribution < 1.29 is 9.59 Å². The largest absolute Gasteiger partial charge is 0.342 e. The van der Waals surface area contributed by atoms with E-state index in [4.69, 9.17) is 5.73 Å². The summed E-state index contributed by atoms with van der Waals surface area (Å²) < 4.78 is 0. The maximum Gasteiger partial charge on any atom is 0.239 e. The van der Waals surface area contributed by atoms with Gasteiger partial charge in [0, 0.05) is 39.3 Å². The lowest BCUT2D eigenvalue weighted by molar-refractivity contribution is -0.136. The Morgan fingerprint density at radius 1 is 1.10 bits per heavy atom. The zero-order chi connectivity index (χ0) is 15.8. The van der Waals surface area contributed by atoms with Gasteiger partial charge in [-0.05, 0) is 20.3 Å². The lowest BCUT2D eigenvalue weighted by Crippen LogP contribution is -2.54. The minimum Gasteiger partial charge on any atom is -0.342 e. The summed E-state index contributed by atoms with van der Waals surface area (Å²) in [5.41, 5.74) is 5.88. The van der Waals surface area contributed by atoms with E-state index >= 15 is 0 Å². The number of hydrogen-bond acceptors (Lipinski definition) is 4. The number of likely N-dealkylation sites (N-methyl/N-ethyl adjacent to an activating group) is 1. The molecule has 0 aromatic rings. The number of nitrogens with zero attached hydrogens (tertiary/aromatic N) is 3. The van der Waals surface area contributed by atoms with Crippen molar-refractivity contribution in [1.29, 1.82) is 0 Å². The maximum absolute atomic E-state index is 12.1. The third kappa shape index (κ3) is 5.28. The van der Waals surface area contributed by atoms with E-state index in [2.05, 4.69) is 4.90 Å². The third-order valence-corrected chi connectivity index (χ3v) is 4.08. The molecule has 2 amide bonds. The van der Waals surface area contributed by atoms with Crippen LogP contribution in [0.25, 0.3) is 0 Å². The minimum atomic E-state index is -0.376. The number of hydrogen-bond donors (Lipinski definition) is 1. The van der Waals surface area contributed by atoms with Crippen LogP contribution >= 0.6 is 0 Å². The van der Waals surface area contributed by atoms with Gasteiger partial charge in [-0.2, -0.15) is 0 Å². The Morgan fingerprint density at radius 3 is 2.14 bits per heavy atom. The van der Waals surface area contributed by atoms with E-state index in [0.717, 1.165) is 39.0 Å². The number of amides is 2. The molecule has 122 valence electrons. The normalized spacial score (nSPS) is 17.6. The van der Waals surface area contributed by atoms with Crippen LogP contribution in [0.5, 0.6) is 0 Å². The average molecular weight is 298 g/mol. The van der Waals surface area contributed by atoms with Crippen LogP contribution in [0.2, 0.25) is 0 Å². The van der Waals surface area contributed by atoms with Crippen LogP contribution in [0.3, 0.4) is 0 Å². The molecule has 0 aromatic heterocycles. The van der Waals surface area contributed by atoms with Crippen LogP contribution in [-0.2, 0) is 9.59 Å². The molecule has 1 rings (SSSR count). The topological polar surface area (TPSA) is 69.9 Å². The van der Waals surface area contributed by atoms with Gasteiger partial charge in [0.15, 0.2) is 0 Å². The Labute approximate surface area is 128 Å². The summed E-state index contributed by atoms with van der Waals surface area (Å²) in [5, 5.41) is 0. The SMILES string of the molecule is CCCC(N)C(=O)N1CCN(CC(=O)N(CC)CC)CC1. The highest BCUT2D eigenvalue weighted by Crippen LogP contribution is 2.06. The molecule has 2 N–H and O–H groups in total. The standard InChI is InChI=1S/C15H30N4O2/c1-4-7-13(16)15(21)19-10-8-17(9-11-19)12-14(20)18(5-2)6-3/h13H,4-12,16H2,1-3H3. The molecule has 0 bridgehead atoms. The molecule has 0 aliphatic carbocycles. The highest BCUT2D eigenvalue weighted by Gasteiger charge is 2.26. The molecule has 0 saturated carbocycles. The van der Waals surface area contributed by atoms with Crippen LogP contribution < -0.4 is 5.73 Å². The first-order valence-corrected chi connectivity index (χ1v) is 8.07. The molecule has 1 fully saturated rings. The number of nitrogens with two attached hydrogens (primary N) is 1. The molecule has 6 heteroatoms. The first-order chi connectivity index (χ1) is 10.0. The quantitative estimate of drug-likeness (QED) is 0.725. The molecule has 1 saturated heterocycles. The van der Waals surface area contributed by atoms with Crippen LogP contribution in [0, 0.1) is 0 Å². The Bertz CT molecular complexity index is 337. The van der Waals surface area contributed by atoms with Crippen LogP contribution in [0.15, 0.2) is 0 Å². The first-order valence-electron chi connectivity index (χ1n) is 8.07. The predicted molar refractivity (Wildman–Crippen MR) is 83.8 cm³/mol. The van der Waals surface area contributed by atoms with Crippen molar-refractivity contribution in [2.45, 2.75) is 39.7 Å². The Balaban J connectivity index is 2.38. The average Bonchev–Trinajstić information content (AvgIpc) is 2.48. The van der Waals surface area contributed by atoms with Crippen molar-refractivity contribution in [2.24, 2.45) is 5.73 Å². The monoisotopic (exact) mass is 298 g/mol. The van der Waals surface area contributed by atoms with E-state index in [-0.39, 0.29) is 17.9 Å². The molecule has 1 heterocycles. The van der Waals surface area contributed by atoms with Gasteiger partial charge in [-0.1, -0.05) is 13.3 Å². The fraction of sp³-hybridized carbons (Fsp3) is 0.867. The number of piperazine rings is 1. The second kappa shape index (κ2) is 9.00. The van der Waals surface area contributed by atoms with Crippen LogP contribution in [-0.4, -0.2) is 78.4 Å². The van der Waals surface area contributed by atoms with Gasteiger partial charge < -0.3 is 15.5 Å². The van der Waals surface area contributed by atoms with Gasteiger partial charge in [0.2, 0.25) is 11.8 Å². The first kappa shape index (κ1) is 17.9.